The number of esters is 2. The van der Waals surface area contributed by atoms with Crippen LogP contribution in [-0.4, -0.2) is 69.5 Å². The summed E-state index contributed by atoms with van der Waals surface area (Å²) in [5.41, 5.74) is -1.39. The lowest BCUT2D eigenvalue weighted by molar-refractivity contribution is -0.158. The molecule has 0 saturated carbocycles. The van der Waals surface area contributed by atoms with Gasteiger partial charge in [0.1, 0.15) is 17.8 Å². The smallest absolute Gasteiger partial charge is 0.308 e. The number of carbonyl (C=O) groups is 2. The maximum absolute atomic E-state index is 12.6. The predicted molar refractivity (Wildman–Crippen MR) is 145 cm³/mol. The molecule has 38 heavy (non-hydrogen) atoms. The number of cyclic esters (lactones) is 1. The summed E-state index contributed by atoms with van der Waals surface area (Å²) < 4.78 is 17.0. The van der Waals surface area contributed by atoms with Gasteiger partial charge in [-0.3, -0.25) is 9.59 Å². The third-order valence-electron chi connectivity index (χ3n) is 7.97. The highest BCUT2D eigenvalue weighted by molar-refractivity contribution is 5.70. The molecule has 3 N–H and O–H groups in total. The largest absolute Gasteiger partial charge is 0.461 e. The van der Waals surface area contributed by atoms with Crippen molar-refractivity contribution in [2.24, 2.45) is 23.7 Å². The van der Waals surface area contributed by atoms with Crippen LogP contribution in [0.2, 0.25) is 0 Å². The monoisotopic (exact) mass is 538 g/mol. The van der Waals surface area contributed by atoms with Gasteiger partial charge in [-0.05, 0) is 56.9 Å². The Morgan fingerprint density at radius 2 is 1.95 bits per heavy atom. The van der Waals surface area contributed by atoms with Crippen molar-refractivity contribution in [3.63, 3.8) is 0 Å². The average molecular weight is 539 g/mol. The second kappa shape index (κ2) is 14.6. The van der Waals surface area contributed by atoms with Crippen molar-refractivity contribution in [2.75, 3.05) is 0 Å². The second-order valence-electron chi connectivity index (χ2n) is 11.8. The molecule has 0 amide bonds. The summed E-state index contributed by atoms with van der Waals surface area (Å²) in [7, 11) is 0. The van der Waals surface area contributed by atoms with Crippen molar-refractivity contribution in [1.82, 2.24) is 0 Å². The van der Waals surface area contributed by atoms with Gasteiger partial charge in [0.05, 0.1) is 30.8 Å². The Balaban J connectivity index is 2.04. The van der Waals surface area contributed by atoms with Gasteiger partial charge in [0.25, 0.3) is 0 Å². The van der Waals surface area contributed by atoms with E-state index < -0.39 is 35.9 Å². The lowest BCUT2D eigenvalue weighted by Gasteiger charge is -2.33. The molecule has 0 aromatic carbocycles. The summed E-state index contributed by atoms with van der Waals surface area (Å²) in [6, 6.07) is 0. The zero-order chi connectivity index (χ0) is 28.6. The van der Waals surface area contributed by atoms with Crippen LogP contribution in [0.3, 0.4) is 0 Å². The molecule has 2 rings (SSSR count). The molecule has 11 unspecified atom stereocenters. The van der Waals surface area contributed by atoms with Gasteiger partial charge in [-0.15, -0.1) is 0 Å². The first-order valence-corrected chi connectivity index (χ1v) is 14.2. The quantitative estimate of drug-likeness (QED) is 0.216. The van der Waals surface area contributed by atoms with Crippen LogP contribution in [0.4, 0.5) is 0 Å². The number of rotatable bonds is 10. The van der Waals surface area contributed by atoms with E-state index in [1.807, 2.05) is 33.8 Å². The molecule has 1 fully saturated rings. The maximum Gasteiger partial charge on any atom is 0.308 e. The molecule has 2 heterocycles. The molecule has 8 nitrogen and oxygen atoms in total. The first-order valence-electron chi connectivity index (χ1n) is 14.2. The number of epoxide rings is 1. The third kappa shape index (κ3) is 10.1. The van der Waals surface area contributed by atoms with Crippen LogP contribution in [-0.2, 0) is 23.8 Å². The van der Waals surface area contributed by atoms with Crippen molar-refractivity contribution in [3.8, 4) is 0 Å². The number of hydrogen-bond acceptors (Lipinski definition) is 8. The van der Waals surface area contributed by atoms with E-state index in [0.29, 0.717) is 12.3 Å². The molecular weight excluding hydrogens is 488 g/mol. The van der Waals surface area contributed by atoms with Crippen molar-refractivity contribution in [2.45, 2.75) is 129 Å². The second-order valence-corrected chi connectivity index (χ2v) is 11.8. The number of carbonyl (C=O) groups excluding carboxylic acids is 2. The Morgan fingerprint density at radius 1 is 1.26 bits per heavy atom. The predicted octanol–water partition coefficient (Wildman–Crippen LogP) is 4.10. The van der Waals surface area contributed by atoms with E-state index in [1.54, 1.807) is 13.0 Å². The molecule has 0 spiro atoms. The molecule has 2 aliphatic rings. The zero-order valence-electron chi connectivity index (χ0n) is 24.2. The molecule has 218 valence electrons. The highest BCUT2D eigenvalue weighted by Gasteiger charge is 2.45. The van der Waals surface area contributed by atoms with Crippen molar-refractivity contribution < 1.29 is 39.1 Å². The number of ether oxygens (including phenoxy) is 3. The van der Waals surface area contributed by atoms with Crippen LogP contribution in [0.15, 0.2) is 24.3 Å². The van der Waals surface area contributed by atoms with E-state index in [-0.39, 0.29) is 55.3 Å². The molecule has 1 saturated heterocycles. The standard InChI is InChI=1S/C30H50O8/c1-8-24(33)21(5)29-25(37-29)16-18(2)10-9-11-19(3)28-20(4)12-13-26(36-22(6)31)30(7,35)15-14-23(32)17-27(34)38-28/h9-10,12-13,18-21,23-26,28-29,32-33,35H,8,11,14-17H2,1-7H3/b10-9+,13-12-. The van der Waals surface area contributed by atoms with Crippen molar-refractivity contribution in [3.05, 3.63) is 24.3 Å². The van der Waals surface area contributed by atoms with Crippen LogP contribution in [0.5, 0.6) is 0 Å². The molecule has 0 aromatic rings. The molecule has 2 aliphatic heterocycles. The Kier molecular flexibility index (Phi) is 12.5. The highest BCUT2D eigenvalue weighted by atomic mass is 16.6. The Hall–Kier alpha value is -1.74. The normalized spacial score (nSPS) is 36.7. The van der Waals surface area contributed by atoms with Gasteiger partial charge in [0.15, 0.2) is 0 Å². The number of allylic oxidation sites excluding steroid dienone is 2. The lowest BCUT2D eigenvalue weighted by Crippen LogP contribution is -2.42. The summed E-state index contributed by atoms with van der Waals surface area (Å²) >= 11 is 0. The number of hydrogen-bond donors (Lipinski definition) is 3. The Labute approximate surface area is 228 Å². The van der Waals surface area contributed by atoms with Gasteiger partial charge in [-0.1, -0.05) is 52.8 Å². The summed E-state index contributed by atoms with van der Waals surface area (Å²) in [6.07, 6.45) is 7.90. The van der Waals surface area contributed by atoms with Crippen LogP contribution >= 0.6 is 0 Å². The minimum atomic E-state index is -1.39. The van der Waals surface area contributed by atoms with Gasteiger partial charge < -0.3 is 29.5 Å². The van der Waals surface area contributed by atoms with Crippen LogP contribution in [0, 0.1) is 23.7 Å². The van der Waals surface area contributed by atoms with E-state index in [9.17, 15) is 24.9 Å². The molecular formula is C30H50O8. The van der Waals surface area contributed by atoms with Crippen molar-refractivity contribution in [1.29, 1.82) is 0 Å². The van der Waals surface area contributed by atoms with E-state index in [0.717, 1.165) is 12.8 Å². The number of aliphatic hydroxyl groups is 3. The molecule has 0 bridgehead atoms. The van der Waals surface area contributed by atoms with Crippen molar-refractivity contribution >= 4 is 11.9 Å². The average Bonchev–Trinajstić information content (AvgIpc) is 3.60. The van der Waals surface area contributed by atoms with E-state index in [4.69, 9.17) is 14.2 Å². The van der Waals surface area contributed by atoms with E-state index >= 15 is 0 Å². The summed E-state index contributed by atoms with van der Waals surface area (Å²) in [4.78, 5) is 24.3. The molecule has 8 heteroatoms. The topological polar surface area (TPSA) is 126 Å². The van der Waals surface area contributed by atoms with Gasteiger partial charge in [-0.25, -0.2) is 0 Å². The highest BCUT2D eigenvalue weighted by Crippen LogP contribution is 2.36. The summed E-state index contributed by atoms with van der Waals surface area (Å²) in [5.74, 6) is -0.758. The van der Waals surface area contributed by atoms with Crippen LogP contribution in [0.25, 0.3) is 0 Å². The van der Waals surface area contributed by atoms with Gasteiger partial charge in [0.2, 0.25) is 0 Å². The Morgan fingerprint density at radius 3 is 2.58 bits per heavy atom. The fourth-order valence-corrected chi connectivity index (χ4v) is 5.28. The molecule has 11 atom stereocenters. The fraction of sp³-hybridized carbons (Fsp3) is 0.800. The van der Waals surface area contributed by atoms with Gasteiger partial charge in [0, 0.05) is 18.8 Å². The molecule has 0 aliphatic carbocycles. The minimum Gasteiger partial charge on any atom is -0.461 e. The summed E-state index contributed by atoms with van der Waals surface area (Å²) in [5, 5.41) is 31.4. The van der Waals surface area contributed by atoms with E-state index in [2.05, 4.69) is 19.1 Å². The molecule has 0 radical (unpaired) electrons. The van der Waals surface area contributed by atoms with E-state index in [1.165, 1.54) is 6.92 Å². The fourth-order valence-electron chi connectivity index (χ4n) is 5.28. The SMILES string of the molecule is CCC(O)C(C)C1OC1CC(C)/C=C/CC(C)C1OC(=O)CC(O)CCC(C)(O)C(OC(C)=O)/C=C\C1C. The minimum absolute atomic E-state index is 0.0144. The van der Waals surface area contributed by atoms with Gasteiger partial charge in [-0.2, -0.15) is 0 Å². The summed E-state index contributed by atoms with van der Waals surface area (Å²) in [6.45, 7) is 13.0. The maximum atomic E-state index is 12.6. The first-order chi connectivity index (χ1) is 17.7. The molecule has 0 aromatic heterocycles. The lowest BCUT2D eigenvalue weighted by atomic mass is 9.86. The number of aliphatic hydroxyl groups excluding tert-OH is 2. The zero-order valence-corrected chi connectivity index (χ0v) is 24.2. The third-order valence-corrected chi connectivity index (χ3v) is 7.97. The van der Waals surface area contributed by atoms with Gasteiger partial charge >= 0.3 is 11.9 Å². The Bertz CT molecular complexity index is 821. The first kappa shape index (κ1) is 32.5. The van der Waals surface area contributed by atoms with Crippen LogP contribution < -0.4 is 0 Å². The van der Waals surface area contributed by atoms with Crippen LogP contribution in [0.1, 0.15) is 87.0 Å².